The standard InChI is InChI=1S/C16H21N3O2/c1-4-9-17-15(20)10-16(21)19-18-11-13-5-7-14(8-6-13)12(2)3/h4-8,11-12H,1,9-10H2,2-3H3,(H,17,20)(H,19,21)/b18-11-. The van der Waals surface area contributed by atoms with E-state index < -0.39 is 5.91 Å². The molecule has 0 radical (unpaired) electrons. The molecule has 0 bridgehead atoms. The Morgan fingerprint density at radius 2 is 1.90 bits per heavy atom. The molecular weight excluding hydrogens is 266 g/mol. The van der Waals surface area contributed by atoms with E-state index in [-0.39, 0.29) is 12.3 Å². The molecule has 0 heterocycles. The predicted octanol–water partition coefficient (Wildman–Crippen LogP) is 1.95. The molecule has 1 rings (SSSR count). The molecule has 112 valence electrons. The van der Waals surface area contributed by atoms with Gasteiger partial charge in [-0.1, -0.05) is 44.2 Å². The number of nitrogens with zero attached hydrogens (tertiary/aromatic N) is 1. The molecule has 0 aromatic heterocycles. The largest absolute Gasteiger partial charge is 0.352 e. The van der Waals surface area contributed by atoms with Crippen LogP contribution in [0.1, 0.15) is 37.3 Å². The molecule has 2 N–H and O–H groups in total. The number of hydrazone groups is 1. The second kappa shape index (κ2) is 8.68. The number of nitrogens with one attached hydrogen (secondary N) is 2. The lowest BCUT2D eigenvalue weighted by Gasteiger charge is -2.04. The molecule has 5 heteroatoms. The zero-order chi connectivity index (χ0) is 15.7. The Kier molecular flexibility index (Phi) is 6.87. The van der Waals surface area contributed by atoms with E-state index in [4.69, 9.17) is 0 Å². The van der Waals surface area contributed by atoms with Crippen molar-refractivity contribution in [3.63, 3.8) is 0 Å². The lowest BCUT2D eigenvalue weighted by molar-refractivity contribution is -0.129. The van der Waals surface area contributed by atoms with E-state index in [2.05, 4.69) is 36.3 Å². The normalized spacial score (nSPS) is 10.6. The SMILES string of the molecule is C=CCNC(=O)CC(=O)N/N=C\c1ccc(C(C)C)cc1. The van der Waals surface area contributed by atoms with Crippen molar-refractivity contribution < 1.29 is 9.59 Å². The van der Waals surface area contributed by atoms with Crippen LogP contribution < -0.4 is 10.7 Å². The van der Waals surface area contributed by atoms with Gasteiger partial charge in [0.25, 0.3) is 0 Å². The van der Waals surface area contributed by atoms with Crippen LogP contribution in [0.4, 0.5) is 0 Å². The van der Waals surface area contributed by atoms with Crippen LogP contribution >= 0.6 is 0 Å². The molecule has 0 saturated carbocycles. The van der Waals surface area contributed by atoms with Gasteiger partial charge in [-0.05, 0) is 17.0 Å². The molecule has 2 amide bonds. The van der Waals surface area contributed by atoms with Crippen molar-refractivity contribution in [2.45, 2.75) is 26.2 Å². The minimum Gasteiger partial charge on any atom is -0.352 e. The summed E-state index contributed by atoms with van der Waals surface area (Å²) in [6, 6.07) is 7.91. The van der Waals surface area contributed by atoms with Gasteiger partial charge in [0.05, 0.1) is 6.21 Å². The number of carbonyl (C=O) groups is 2. The van der Waals surface area contributed by atoms with Crippen LogP contribution in [-0.2, 0) is 9.59 Å². The monoisotopic (exact) mass is 287 g/mol. The summed E-state index contributed by atoms with van der Waals surface area (Å²) in [4.78, 5) is 22.7. The number of benzene rings is 1. The zero-order valence-electron chi connectivity index (χ0n) is 12.4. The van der Waals surface area contributed by atoms with Crippen molar-refractivity contribution in [1.29, 1.82) is 0 Å². The molecule has 21 heavy (non-hydrogen) atoms. The first kappa shape index (κ1) is 16.6. The van der Waals surface area contributed by atoms with Crippen molar-refractivity contribution in [3.8, 4) is 0 Å². The first-order chi connectivity index (χ1) is 10.0. The predicted molar refractivity (Wildman–Crippen MR) is 84.1 cm³/mol. The summed E-state index contributed by atoms with van der Waals surface area (Å²) < 4.78 is 0. The summed E-state index contributed by atoms with van der Waals surface area (Å²) in [6.07, 6.45) is 2.84. The lowest BCUT2D eigenvalue weighted by Crippen LogP contribution is -2.29. The Labute approximate surface area is 125 Å². The smallest absolute Gasteiger partial charge is 0.249 e. The Hall–Kier alpha value is -2.43. The fourth-order valence-electron chi connectivity index (χ4n) is 1.58. The number of rotatable bonds is 7. The van der Waals surface area contributed by atoms with E-state index >= 15 is 0 Å². The van der Waals surface area contributed by atoms with Gasteiger partial charge in [-0.25, -0.2) is 5.43 Å². The summed E-state index contributed by atoms with van der Waals surface area (Å²) in [5, 5.41) is 6.34. The third-order valence-corrected chi connectivity index (χ3v) is 2.77. The lowest BCUT2D eigenvalue weighted by atomic mass is 10.0. The van der Waals surface area contributed by atoms with Gasteiger partial charge in [-0.3, -0.25) is 9.59 Å². The molecule has 0 unspecified atom stereocenters. The fourth-order valence-corrected chi connectivity index (χ4v) is 1.58. The van der Waals surface area contributed by atoms with E-state index in [1.165, 1.54) is 5.56 Å². The maximum absolute atomic E-state index is 11.4. The third-order valence-electron chi connectivity index (χ3n) is 2.77. The van der Waals surface area contributed by atoms with Crippen LogP contribution in [0.3, 0.4) is 0 Å². The van der Waals surface area contributed by atoms with Crippen molar-refractivity contribution >= 4 is 18.0 Å². The number of hydrogen-bond donors (Lipinski definition) is 2. The van der Waals surface area contributed by atoms with Crippen molar-refractivity contribution in [2.75, 3.05) is 6.54 Å². The molecule has 5 nitrogen and oxygen atoms in total. The van der Waals surface area contributed by atoms with Crippen molar-refractivity contribution in [2.24, 2.45) is 5.10 Å². The number of hydrogen-bond acceptors (Lipinski definition) is 3. The van der Waals surface area contributed by atoms with Crippen LogP contribution in [-0.4, -0.2) is 24.6 Å². The average Bonchev–Trinajstić information content (AvgIpc) is 2.45. The van der Waals surface area contributed by atoms with E-state index in [9.17, 15) is 9.59 Å². The average molecular weight is 287 g/mol. The molecule has 0 saturated heterocycles. The highest BCUT2D eigenvalue weighted by atomic mass is 16.2. The molecule has 0 aliphatic carbocycles. The van der Waals surface area contributed by atoms with Gasteiger partial charge in [-0.15, -0.1) is 6.58 Å². The molecule has 0 atom stereocenters. The van der Waals surface area contributed by atoms with Crippen molar-refractivity contribution in [1.82, 2.24) is 10.7 Å². The second-order valence-corrected chi connectivity index (χ2v) is 4.88. The third kappa shape index (κ3) is 6.51. The maximum Gasteiger partial charge on any atom is 0.249 e. The van der Waals surface area contributed by atoms with Gasteiger partial charge in [0.1, 0.15) is 6.42 Å². The van der Waals surface area contributed by atoms with E-state index in [1.54, 1.807) is 12.3 Å². The Morgan fingerprint density at radius 1 is 1.24 bits per heavy atom. The molecule has 0 spiro atoms. The van der Waals surface area contributed by atoms with E-state index in [0.717, 1.165) is 5.56 Å². The van der Waals surface area contributed by atoms with Gasteiger partial charge >= 0.3 is 0 Å². The first-order valence-corrected chi connectivity index (χ1v) is 6.82. The molecular formula is C16H21N3O2. The Bertz CT molecular complexity index is 519. The summed E-state index contributed by atoms with van der Waals surface area (Å²) >= 11 is 0. The maximum atomic E-state index is 11.4. The van der Waals surface area contributed by atoms with Crippen molar-refractivity contribution in [3.05, 3.63) is 48.0 Å². The van der Waals surface area contributed by atoms with Crippen LogP contribution in [0.15, 0.2) is 42.0 Å². The van der Waals surface area contributed by atoms with Gasteiger partial charge in [0, 0.05) is 6.54 Å². The van der Waals surface area contributed by atoms with Crippen LogP contribution in [0.2, 0.25) is 0 Å². The van der Waals surface area contributed by atoms with Gasteiger partial charge in [0.2, 0.25) is 11.8 Å². The highest BCUT2D eigenvalue weighted by Gasteiger charge is 2.06. The highest BCUT2D eigenvalue weighted by Crippen LogP contribution is 2.13. The summed E-state index contributed by atoms with van der Waals surface area (Å²) in [6.45, 7) is 8.07. The molecule has 0 fully saturated rings. The Morgan fingerprint density at radius 3 is 2.48 bits per heavy atom. The molecule has 1 aromatic carbocycles. The summed E-state index contributed by atoms with van der Waals surface area (Å²) in [7, 11) is 0. The quantitative estimate of drug-likeness (QED) is 0.348. The van der Waals surface area contributed by atoms with Gasteiger partial charge < -0.3 is 5.32 Å². The molecule has 1 aromatic rings. The fraction of sp³-hybridized carbons (Fsp3) is 0.312. The highest BCUT2D eigenvalue weighted by molar-refractivity contribution is 5.97. The van der Waals surface area contributed by atoms with Gasteiger partial charge in [-0.2, -0.15) is 5.10 Å². The topological polar surface area (TPSA) is 70.6 Å². The second-order valence-electron chi connectivity index (χ2n) is 4.88. The number of carbonyl (C=O) groups excluding carboxylic acids is 2. The van der Waals surface area contributed by atoms with Crippen LogP contribution in [0, 0.1) is 0 Å². The van der Waals surface area contributed by atoms with E-state index in [1.807, 2.05) is 24.3 Å². The summed E-state index contributed by atoms with van der Waals surface area (Å²) in [5.74, 6) is -0.333. The zero-order valence-corrected chi connectivity index (χ0v) is 12.4. The summed E-state index contributed by atoms with van der Waals surface area (Å²) in [5.41, 5.74) is 4.45. The van der Waals surface area contributed by atoms with Crippen LogP contribution in [0.25, 0.3) is 0 Å². The minimum absolute atomic E-state index is 0.253. The molecule has 0 aliphatic rings. The minimum atomic E-state index is -0.452. The Balaban J connectivity index is 2.41. The number of amides is 2. The first-order valence-electron chi connectivity index (χ1n) is 6.82. The van der Waals surface area contributed by atoms with Gasteiger partial charge in [0.15, 0.2) is 0 Å². The van der Waals surface area contributed by atoms with E-state index in [0.29, 0.717) is 12.5 Å². The van der Waals surface area contributed by atoms with Crippen LogP contribution in [0.5, 0.6) is 0 Å². The molecule has 0 aliphatic heterocycles.